The number of hydrogen-bond donors (Lipinski definition) is 2. The first-order valence-corrected chi connectivity index (χ1v) is 5.79. The quantitative estimate of drug-likeness (QED) is 0.556. The van der Waals surface area contributed by atoms with Gasteiger partial charge in [0.2, 0.25) is 0 Å². The molecule has 1 aliphatic heterocycles. The van der Waals surface area contributed by atoms with Crippen molar-refractivity contribution in [2.75, 3.05) is 19.3 Å². The number of aromatic amines is 1. The molecule has 0 unspecified atom stereocenters. The van der Waals surface area contributed by atoms with Crippen LogP contribution in [0.4, 0.5) is 5.82 Å². The lowest BCUT2D eigenvalue weighted by atomic mass is 9.98. The maximum atomic E-state index is 5.98. The number of anilines is 1. The van der Waals surface area contributed by atoms with Gasteiger partial charge in [0.1, 0.15) is 5.82 Å². The molecule has 0 saturated carbocycles. The minimum absolute atomic E-state index is 0.586. The molecule has 0 radical (unpaired) electrons. The largest absolute Gasteiger partial charge is 0.384 e. The average molecular weight is 244 g/mol. The van der Waals surface area contributed by atoms with Crippen LogP contribution in [0.5, 0.6) is 0 Å². The molecule has 0 aliphatic carbocycles. The zero-order valence-electron chi connectivity index (χ0n) is 9.88. The maximum absolute atomic E-state index is 5.98. The average Bonchev–Trinajstić information content (AvgIpc) is 2.96. The lowest BCUT2D eigenvalue weighted by Crippen LogP contribution is -2.27. The van der Waals surface area contributed by atoms with Gasteiger partial charge >= 0.3 is 0 Å². The second-order valence-electron chi connectivity index (χ2n) is 4.70. The molecule has 4 heterocycles. The summed E-state index contributed by atoms with van der Waals surface area (Å²) in [5.41, 5.74) is 9.83. The Balaban J connectivity index is 2.22. The van der Waals surface area contributed by atoms with E-state index in [1.807, 2.05) is 0 Å². The van der Waals surface area contributed by atoms with Gasteiger partial charge in [-0.1, -0.05) is 0 Å². The maximum Gasteiger partial charge on any atom is 0.188 e. The molecule has 3 aromatic rings. The third-order valence-corrected chi connectivity index (χ3v) is 3.55. The standard InChI is InChI=1S/C10H12N8/c1-17-3-2-5-6(4-17)9-14-15-16-18(9)10-7(5)8(11)12-13-10/h2-4H2,1H3,(H3,11,12,13). The summed E-state index contributed by atoms with van der Waals surface area (Å²) in [4.78, 5) is 2.25. The topological polar surface area (TPSA) is 101 Å². The van der Waals surface area contributed by atoms with Crippen molar-refractivity contribution in [3.63, 3.8) is 0 Å². The molecule has 0 amide bonds. The summed E-state index contributed by atoms with van der Waals surface area (Å²) in [5.74, 6) is 0.586. The SMILES string of the molecule is CN1CCc2c(c3nnnn3c3n[nH]c(N)c23)C1. The first-order valence-electron chi connectivity index (χ1n) is 5.79. The van der Waals surface area contributed by atoms with Crippen LogP contribution in [0.3, 0.4) is 0 Å². The van der Waals surface area contributed by atoms with Crippen LogP contribution in [0, 0.1) is 0 Å². The molecule has 92 valence electrons. The second-order valence-corrected chi connectivity index (χ2v) is 4.70. The third-order valence-electron chi connectivity index (χ3n) is 3.55. The minimum Gasteiger partial charge on any atom is -0.384 e. The lowest BCUT2D eigenvalue weighted by molar-refractivity contribution is 0.314. The van der Waals surface area contributed by atoms with Crippen molar-refractivity contribution in [2.45, 2.75) is 13.0 Å². The number of tetrazole rings is 1. The number of aromatic nitrogens is 6. The van der Waals surface area contributed by atoms with E-state index in [9.17, 15) is 0 Å². The van der Waals surface area contributed by atoms with Crippen molar-refractivity contribution in [3.05, 3.63) is 11.1 Å². The molecule has 0 bridgehead atoms. The summed E-state index contributed by atoms with van der Waals surface area (Å²) in [6, 6.07) is 0. The monoisotopic (exact) mass is 244 g/mol. The van der Waals surface area contributed by atoms with E-state index < -0.39 is 0 Å². The second kappa shape index (κ2) is 3.16. The highest BCUT2D eigenvalue weighted by molar-refractivity contribution is 5.93. The molecule has 0 spiro atoms. The Morgan fingerprint density at radius 3 is 3.06 bits per heavy atom. The lowest BCUT2D eigenvalue weighted by Gasteiger charge is -2.25. The number of H-pyrrole nitrogens is 1. The van der Waals surface area contributed by atoms with Crippen LogP contribution in [0.1, 0.15) is 11.1 Å². The Kier molecular flexibility index (Phi) is 1.72. The van der Waals surface area contributed by atoms with Gasteiger partial charge in [-0.15, -0.1) is 5.10 Å². The summed E-state index contributed by atoms with van der Waals surface area (Å²) in [7, 11) is 2.09. The fraction of sp³-hybridized carbons (Fsp3) is 0.400. The number of nitrogen functional groups attached to an aromatic ring is 1. The first-order chi connectivity index (χ1) is 8.75. The van der Waals surface area contributed by atoms with Crippen LogP contribution in [0.2, 0.25) is 0 Å². The van der Waals surface area contributed by atoms with E-state index in [0.29, 0.717) is 11.5 Å². The van der Waals surface area contributed by atoms with Crippen LogP contribution in [-0.2, 0) is 13.0 Å². The van der Waals surface area contributed by atoms with Crippen LogP contribution < -0.4 is 5.73 Å². The Morgan fingerprint density at radius 2 is 2.17 bits per heavy atom. The Bertz CT molecular complexity index is 754. The van der Waals surface area contributed by atoms with E-state index in [4.69, 9.17) is 5.73 Å². The van der Waals surface area contributed by atoms with Gasteiger partial charge in [-0.3, -0.25) is 5.10 Å². The fourth-order valence-electron chi connectivity index (χ4n) is 2.69. The van der Waals surface area contributed by atoms with Gasteiger partial charge in [0.25, 0.3) is 0 Å². The summed E-state index contributed by atoms with van der Waals surface area (Å²) >= 11 is 0. The summed E-state index contributed by atoms with van der Waals surface area (Å²) < 4.78 is 1.65. The number of fused-ring (bicyclic) bond motifs is 6. The van der Waals surface area contributed by atoms with E-state index in [-0.39, 0.29) is 0 Å². The van der Waals surface area contributed by atoms with Gasteiger partial charge < -0.3 is 10.6 Å². The summed E-state index contributed by atoms with van der Waals surface area (Å²) in [6.07, 6.45) is 0.940. The molecule has 0 saturated heterocycles. The first kappa shape index (κ1) is 9.77. The zero-order chi connectivity index (χ0) is 12.3. The number of hydrogen-bond acceptors (Lipinski definition) is 6. The molecular formula is C10H12N8. The predicted octanol–water partition coefficient (Wildman–Crippen LogP) is -0.429. The van der Waals surface area contributed by atoms with Crippen molar-refractivity contribution in [3.8, 4) is 0 Å². The number of nitrogens with one attached hydrogen (secondary N) is 1. The van der Waals surface area contributed by atoms with Gasteiger partial charge in [0.15, 0.2) is 11.3 Å². The summed E-state index contributed by atoms with van der Waals surface area (Å²) in [5, 5.41) is 19.8. The molecule has 18 heavy (non-hydrogen) atoms. The molecule has 3 aromatic heterocycles. The number of nitrogens with two attached hydrogens (primary N) is 1. The van der Waals surface area contributed by atoms with Gasteiger partial charge in [-0.05, 0) is 29.5 Å². The van der Waals surface area contributed by atoms with Crippen molar-refractivity contribution >= 4 is 22.5 Å². The third kappa shape index (κ3) is 1.07. The van der Waals surface area contributed by atoms with E-state index in [1.165, 1.54) is 5.56 Å². The van der Waals surface area contributed by atoms with Crippen LogP contribution in [0.15, 0.2) is 0 Å². The molecule has 0 aromatic carbocycles. The zero-order valence-corrected chi connectivity index (χ0v) is 9.88. The van der Waals surface area contributed by atoms with Crippen molar-refractivity contribution in [1.82, 2.24) is 35.1 Å². The predicted molar refractivity (Wildman–Crippen MR) is 64.9 cm³/mol. The number of pyridine rings is 1. The molecule has 0 atom stereocenters. The Labute approximate surface area is 102 Å². The van der Waals surface area contributed by atoms with Crippen molar-refractivity contribution in [2.24, 2.45) is 0 Å². The van der Waals surface area contributed by atoms with Gasteiger partial charge in [-0.2, -0.15) is 9.61 Å². The highest BCUT2D eigenvalue weighted by atomic mass is 15.5. The summed E-state index contributed by atoms with van der Waals surface area (Å²) in [6.45, 7) is 1.84. The molecule has 1 aliphatic rings. The van der Waals surface area contributed by atoms with Crippen LogP contribution >= 0.6 is 0 Å². The molecule has 3 N–H and O–H groups in total. The molecule has 0 fully saturated rings. The van der Waals surface area contributed by atoms with Crippen molar-refractivity contribution < 1.29 is 0 Å². The van der Waals surface area contributed by atoms with E-state index in [0.717, 1.165) is 36.1 Å². The Hall–Kier alpha value is -2.22. The normalized spacial score (nSPS) is 16.5. The van der Waals surface area contributed by atoms with E-state index in [1.54, 1.807) is 4.52 Å². The molecule has 4 rings (SSSR count). The highest BCUT2D eigenvalue weighted by Gasteiger charge is 2.24. The number of rotatable bonds is 0. The van der Waals surface area contributed by atoms with E-state index in [2.05, 4.69) is 37.7 Å². The van der Waals surface area contributed by atoms with Gasteiger partial charge in [0, 0.05) is 18.7 Å². The van der Waals surface area contributed by atoms with Crippen LogP contribution in [-0.4, -0.2) is 48.7 Å². The Morgan fingerprint density at radius 1 is 1.28 bits per heavy atom. The van der Waals surface area contributed by atoms with Crippen molar-refractivity contribution in [1.29, 1.82) is 0 Å². The van der Waals surface area contributed by atoms with Gasteiger partial charge in [-0.25, -0.2) is 0 Å². The van der Waals surface area contributed by atoms with Gasteiger partial charge in [0.05, 0.1) is 5.39 Å². The smallest absolute Gasteiger partial charge is 0.188 e. The molecule has 8 nitrogen and oxygen atoms in total. The fourth-order valence-corrected chi connectivity index (χ4v) is 2.69. The highest BCUT2D eigenvalue weighted by Crippen LogP contribution is 2.31. The molecular weight excluding hydrogens is 232 g/mol. The number of nitrogens with zero attached hydrogens (tertiary/aromatic N) is 6. The van der Waals surface area contributed by atoms with Crippen LogP contribution in [0.25, 0.3) is 16.7 Å². The van der Waals surface area contributed by atoms with E-state index >= 15 is 0 Å². The minimum atomic E-state index is 0.586. The number of likely N-dealkylation sites (N-methyl/N-ethyl adjacent to an activating group) is 1. The molecule has 8 heteroatoms.